The normalized spacial score (nSPS) is 11.2. The molecule has 0 N–H and O–H groups in total. The van der Waals surface area contributed by atoms with Crippen LogP contribution in [0, 0.1) is 13.8 Å². The average Bonchev–Trinajstić information content (AvgIpc) is 3.09. The van der Waals surface area contributed by atoms with Gasteiger partial charge in [0.1, 0.15) is 6.61 Å². The van der Waals surface area contributed by atoms with E-state index in [1.165, 1.54) is 21.9 Å². The van der Waals surface area contributed by atoms with E-state index in [-0.39, 0.29) is 12.2 Å². The number of fused-ring (bicyclic) bond motifs is 2. The number of aryl methyl sites for hydroxylation is 3. The van der Waals surface area contributed by atoms with Crippen molar-refractivity contribution in [2.45, 2.75) is 33.8 Å². The van der Waals surface area contributed by atoms with Crippen LogP contribution in [0.15, 0.2) is 35.1 Å². The predicted molar refractivity (Wildman–Crippen MR) is 107 cm³/mol. The Morgan fingerprint density at radius 2 is 2.00 bits per heavy atom. The Morgan fingerprint density at radius 3 is 2.79 bits per heavy atom. The number of esters is 1. The fourth-order valence-electron chi connectivity index (χ4n) is 3.19. The largest absolute Gasteiger partial charge is 0.455 e. The first-order valence-electron chi connectivity index (χ1n) is 8.89. The van der Waals surface area contributed by atoms with Gasteiger partial charge >= 0.3 is 5.97 Å². The molecular formula is C20H18N4O3S. The van der Waals surface area contributed by atoms with Crippen LogP contribution >= 0.6 is 11.3 Å². The number of rotatable bonds is 4. The van der Waals surface area contributed by atoms with E-state index < -0.39 is 5.97 Å². The van der Waals surface area contributed by atoms with E-state index in [4.69, 9.17) is 4.74 Å². The molecule has 0 aliphatic rings. The van der Waals surface area contributed by atoms with Crippen molar-refractivity contribution in [3.63, 3.8) is 0 Å². The lowest BCUT2D eigenvalue weighted by molar-refractivity contribution is 0.0469. The molecule has 0 radical (unpaired) electrons. The van der Waals surface area contributed by atoms with Gasteiger partial charge in [0.05, 0.1) is 16.8 Å². The van der Waals surface area contributed by atoms with Crippen molar-refractivity contribution in [1.29, 1.82) is 0 Å². The molecule has 7 nitrogen and oxygen atoms in total. The van der Waals surface area contributed by atoms with Crippen molar-refractivity contribution in [3.05, 3.63) is 68.2 Å². The number of pyridine rings is 1. The monoisotopic (exact) mass is 394 g/mol. The predicted octanol–water partition coefficient (Wildman–Crippen LogP) is 3.24. The molecule has 4 aromatic rings. The minimum atomic E-state index is -0.441. The zero-order chi connectivity index (χ0) is 19.8. The Morgan fingerprint density at radius 1 is 1.21 bits per heavy atom. The second-order valence-electron chi connectivity index (χ2n) is 6.43. The van der Waals surface area contributed by atoms with Gasteiger partial charge in [0, 0.05) is 17.1 Å². The fraction of sp³-hybridized carbons (Fsp3) is 0.250. The first-order chi connectivity index (χ1) is 13.5. The third-order valence-electron chi connectivity index (χ3n) is 4.51. The topological polar surface area (TPSA) is 86.5 Å². The Labute approximate surface area is 164 Å². The molecule has 142 valence electrons. The summed E-state index contributed by atoms with van der Waals surface area (Å²) in [6.45, 7) is 5.59. The second kappa shape index (κ2) is 7.12. The smallest absolute Gasteiger partial charge is 0.340 e. The highest BCUT2D eigenvalue weighted by atomic mass is 32.1. The molecule has 0 bridgehead atoms. The maximum Gasteiger partial charge on any atom is 0.340 e. The second-order valence-corrected chi connectivity index (χ2v) is 7.47. The van der Waals surface area contributed by atoms with Gasteiger partial charge in [-0.25, -0.2) is 9.78 Å². The molecule has 0 fully saturated rings. The quantitative estimate of drug-likeness (QED) is 0.494. The summed E-state index contributed by atoms with van der Waals surface area (Å²) >= 11 is 1.23. The first kappa shape index (κ1) is 18.2. The van der Waals surface area contributed by atoms with E-state index in [1.54, 1.807) is 6.92 Å². The summed E-state index contributed by atoms with van der Waals surface area (Å²) in [5.74, 6) is -0.441. The van der Waals surface area contributed by atoms with Gasteiger partial charge in [-0.2, -0.15) is 9.61 Å². The molecule has 28 heavy (non-hydrogen) atoms. The summed E-state index contributed by atoms with van der Waals surface area (Å²) in [7, 11) is 0. The number of hydrogen-bond donors (Lipinski definition) is 0. The van der Waals surface area contributed by atoms with Crippen LogP contribution in [0.25, 0.3) is 15.9 Å². The Kier molecular flexibility index (Phi) is 4.64. The van der Waals surface area contributed by atoms with Gasteiger partial charge in [-0.1, -0.05) is 36.5 Å². The van der Waals surface area contributed by atoms with E-state index >= 15 is 0 Å². The summed E-state index contributed by atoms with van der Waals surface area (Å²) in [6, 6.07) is 9.15. The summed E-state index contributed by atoms with van der Waals surface area (Å²) < 4.78 is 6.74. The maximum atomic E-state index is 12.8. The maximum absolute atomic E-state index is 12.8. The van der Waals surface area contributed by atoms with Crippen molar-refractivity contribution in [3.8, 4) is 0 Å². The summed E-state index contributed by atoms with van der Waals surface area (Å²) in [6.07, 6.45) is 0.621. The molecule has 0 aliphatic carbocycles. The minimum absolute atomic E-state index is 0.0270. The van der Waals surface area contributed by atoms with Crippen LogP contribution in [-0.2, 0) is 17.8 Å². The molecule has 0 saturated heterocycles. The van der Waals surface area contributed by atoms with Gasteiger partial charge in [-0.3, -0.25) is 9.78 Å². The van der Waals surface area contributed by atoms with Gasteiger partial charge in [-0.15, -0.1) is 0 Å². The van der Waals surface area contributed by atoms with Crippen molar-refractivity contribution in [1.82, 2.24) is 19.6 Å². The highest BCUT2D eigenvalue weighted by Crippen LogP contribution is 2.24. The summed E-state index contributed by atoms with van der Waals surface area (Å²) in [5, 5.41) is 5.64. The van der Waals surface area contributed by atoms with Crippen molar-refractivity contribution in [2.75, 3.05) is 0 Å². The molecular weight excluding hydrogens is 376 g/mol. The summed E-state index contributed by atoms with van der Waals surface area (Å²) in [5.41, 5.74) is 3.29. The van der Waals surface area contributed by atoms with Crippen molar-refractivity contribution >= 4 is 33.2 Å². The van der Waals surface area contributed by atoms with Crippen LogP contribution < -0.4 is 5.56 Å². The van der Waals surface area contributed by atoms with E-state index in [2.05, 4.69) is 15.1 Å². The first-order valence-corrected chi connectivity index (χ1v) is 9.71. The third-order valence-corrected chi connectivity index (χ3v) is 5.39. The SMILES string of the molecule is CCc1nc2ccccc2c(C)c1C(=O)OCc1nn2c(=O)cc(C)nc2s1. The van der Waals surface area contributed by atoms with Crippen LogP contribution in [0.3, 0.4) is 0 Å². The van der Waals surface area contributed by atoms with Gasteiger partial charge in [0.15, 0.2) is 5.01 Å². The van der Waals surface area contributed by atoms with Crippen LogP contribution in [0.4, 0.5) is 0 Å². The Hall–Kier alpha value is -3.13. The number of carbonyl (C=O) groups is 1. The molecule has 0 spiro atoms. The number of hydrogen-bond acceptors (Lipinski definition) is 7. The zero-order valence-electron chi connectivity index (χ0n) is 15.7. The van der Waals surface area contributed by atoms with Crippen molar-refractivity contribution < 1.29 is 9.53 Å². The number of para-hydroxylation sites is 1. The lowest BCUT2D eigenvalue weighted by Gasteiger charge is -2.12. The molecule has 0 unspecified atom stereocenters. The number of nitrogens with zero attached hydrogens (tertiary/aromatic N) is 4. The number of aromatic nitrogens is 4. The molecule has 0 atom stereocenters. The highest BCUT2D eigenvalue weighted by Gasteiger charge is 2.20. The van der Waals surface area contributed by atoms with Crippen LogP contribution in [0.2, 0.25) is 0 Å². The number of benzene rings is 1. The molecule has 3 heterocycles. The van der Waals surface area contributed by atoms with Gasteiger partial charge in [0.2, 0.25) is 4.96 Å². The van der Waals surface area contributed by atoms with Crippen LogP contribution in [0.1, 0.15) is 39.2 Å². The van der Waals surface area contributed by atoms with E-state index in [0.717, 1.165) is 16.5 Å². The van der Waals surface area contributed by atoms with Crippen molar-refractivity contribution in [2.24, 2.45) is 0 Å². The Bertz CT molecular complexity index is 1280. The highest BCUT2D eigenvalue weighted by molar-refractivity contribution is 7.16. The number of carbonyl (C=O) groups excluding carboxylic acids is 1. The molecule has 8 heteroatoms. The average molecular weight is 394 g/mol. The minimum Gasteiger partial charge on any atom is -0.455 e. The molecule has 4 rings (SSSR count). The Balaban J connectivity index is 1.65. The molecule has 3 aromatic heterocycles. The molecule has 0 aliphatic heterocycles. The zero-order valence-corrected chi connectivity index (χ0v) is 16.5. The van der Waals surface area contributed by atoms with E-state index in [9.17, 15) is 9.59 Å². The van der Waals surface area contributed by atoms with Crippen LogP contribution in [-0.4, -0.2) is 25.6 Å². The molecule has 0 amide bonds. The summed E-state index contributed by atoms with van der Waals surface area (Å²) in [4.78, 5) is 34.2. The fourth-order valence-corrected chi connectivity index (χ4v) is 4.04. The third kappa shape index (κ3) is 3.16. The van der Waals surface area contributed by atoms with Gasteiger partial charge in [-0.05, 0) is 31.9 Å². The lowest BCUT2D eigenvalue weighted by Crippen LogP contribution is -2.15. The number of ether oxygens (including phenoxy) is 1. The van der Waals surface area contributed by atoms with Gasteiger partial charge < -0.3 is 4.74 Å². The van der Waals surface area contributed by atoms with Crippen LogP contribution in [0.5, 0.6) is 0 Å². The van der Waals surface area contributed by atoms with Gasteiger partial charge in [0.25, 0.3) is 5.56 Å². The molecule has 0 saturated carbocycles. The lowest BCUT2D eigenvalue weighted by atomic mass is 10.0. The van der Waals surface area contributed by atoms with E-state index in [1.807, 2.05) is 38.1 Å². The standard InChI is InChI=1S/C20H18N4O3S/c1-4-14-18(12(3)13-7-5-6-8-15(13)22-14)19(26)27-10-16-23-24-17(25)9-11(2)21-20(24)28-16/h5-9H,4,10H2,1-3H3. The molecule has 1 aromatic carbocycles. The van der Waals surface area contributed by atoms with E-state index in [0.29, 0.717) is 33.3 Å².